The molecule has 0 spiro atoms. The van der Waals surface area contributed by atoms with Gasteiger partial charge in [0.05, 0.1) is 0 Å². The first-order valence-corrected chi connectivity index (χ1v) is 10.7. The summed E-state index contributed by atoms with van der Waals surface area (Å²) in [5.74, 6) is 1.74. The number of aromatic hydroxyl groups is 1. The summed E-state index contributed by atoms with van der Waals surface area (Å²) < 4.78 is 11.6. The van der Waals surface area contributed by atoms with Gasteiger partial charge in [0.1, 0.15) is 30.5 Å². The Morgan fingerprint density at radius 2 is 1.19 bits per heavy atom. The zero-order valence-corrected chi connectivity index (χ0v) is 17.9. The van der Waals surface area contributed by atoms with Crippen LogP contribution >= 0.6 is 0 Å². The lowest BCUT2D eigenvalue weighted by Crippen LogP contribution is -1.95. The summed E-state index contributed by atoms with van der Waals surface area (Å²) in [5, 5.41) is 10.3. The summed E-state index contributed by atoms with van der Waals surface area (Å²) in [6.07, 6.45) is 4.72. The summed E-state index contributed by atoms with van der Waals surface area (Å²) >= 11 is 0. The molecule has 0 unspecified atom stereocenters. The molecule has 0 atom stereocenters. The maximum atomic E-state index is 10.3. The van der Waals surface area contributed by atoms with Gasteiger partial charge in [-0.15, -0.1) is 0 Å². The van der Waals surface area contributed by atoms with E-state index in [0.717, 1.165) is 28.0 Å². The molecule has 0 aromatic heterocycles. The minimum absolute atomic E-state index is 0.241. The van der Waals surface area contributed by atoms with Gasteiger partial charge in [-0.05, 0) is 46.9 Å². The van der Waals surface area contributed by atoms with Crippen LogP contribution in [0.1, 0.15) is 22.3 Å². The van der Waals surface area contributed by atoms with E-state index >= 15 is 0 Å². The molecule has 0 aliphatic carbocycles. The molecule has 0 saturated carbocycles. The predicted octanol–water partition coefficient (Wildman–Crippen LogP) is 6.81. The third-order valence-corrected chi connectivity index (χ3v) is 5.08. The van der Waals surface area contributed by atoms with Crippen LogP contribution in [0.3, 0.4) is 0 Å². The number of benzene rings is 4. The Morgan fingerprint density at radius 1 is 0.625 bits per heavy atom. The van der Waals surface area contributed by atoms with E-state index in [2.05, 4.69) is 12.1 Å². The zero-order valence-electron chi connectivity index (χ0n) is 17.9. The van der Waals surface area contributed by atoms with Gasteiger partial charge in [-0.1, -0.05) is 91.0 Å². The molecular weight excluding hydrogens is 396 g/mol. The minimum Gasteiger partial charge on any atom is -0.508 e. The number of hydrogen-bond donors (Lipinski definition) is 1. The molecule has 3 heteroatoms. The van der Waals surface area contributed by atoms with Crippen LogP contribution in [0.15, 0.2) is 109 Å². The van der Waals surface area contributed by atoms with Crippen LogP contribution < -0.4 is 9.47 Å². The Hall–Kier alpha value is -3.98. The van der Waals surface area contributed by atoms with Crippen LogP contribution in [-0.4, -0.2) is 5.11 Å². The maximum Gasteiger partial charge on any atom is 0.123 e. The second-order valence-corrected chi connectivity index (χ2v) is 7.51. The lowest BCUT2D eigenvalue weighted by Gasteiger charge is -2.09. The summed E-state index contributed by atoms with van der Waals surface area (Å²) in [6, 6.07) is 33.6. The molecule has 0 radical (unpaired) electrons. The summed E-state index contributed by atoms with van der Waals surface area (Å²) in [7, 11) is 0. The standard InChI is InChI=1S/C29H26O3/c30-29-20-28(32-22-25-10-5-2-6-11-25)19-16-26(29)13-7-12-23-14-17-27(18-15-23)31-21-24-8-3-1-4-9-24/h1-12,14-20,30H,13,21-22H2/b12-7+. The topological polar surface area (TPSA) is 38.7 Å². The van der Waals surface area contributed by atoms with Crippen LogP contribution in [0.2, 0.25) is 0 Å². The molecule has 0 fully saturated rings. The second-order valence-electron chi connectivity index (χ2n) is 7.51. The van der Waals surface area contributed by atoms with Crippen molar-refractivity contribution < 1.29 is 14.6 Å². The lowest BCUT2D eigenvalue weighted by molar-refractivity contribution is 0.304. The maximum absolute atomic E-state index is 10.3. The van der Waals surface area contributed by atoms with Gasteiger partial charge in [-0.3, -0.25) is 0 Å². The van der Waals surface area contributed by atoms with Gasteiger partial charge in [0.2, 0.25) is 0 Å². The predicted molar refractivity (Wildman–Crippen MR) is 129 cm³/mol. The highest BCUT2D eigenvalue weighted by Gasteiger charge is 2.03. The molecule has 4 rings (SSSR count). The zero-order chi connectivity index (χ0) is 22.0. The van der Waals surface area contributed by atoms with Gasteiger partial charge < -0.3 is 14.6 Å². The Kier molecular flexibility index (Phi) is 7.22. The van der Waals surface area contributed by atoms with Crippen LogP contribution in [-0.2, 0) is 19.6 Å². The monoisotopic (exact) mass is 422 g/mol. The van der Waals surface area contributed by atoms with Gasteiger partial charge in [0, 0.05) is 6.07 Å². The SMILES string of the molecule is Oc1cc(OCc2ccccc2)ccc1C/C=C/c1ccc(OCc2ccccc2)cc1. The van der Waals surface area contributed by atoms with Crippen LogP contribution in [0.5, 0.6) is 17.2 Å². The summed E-state index contributed by atoms with van der Waals surface area (Å²) in [5.41, 5.74) is 4.18. The van der Waals surface area contributed by atoms with Crippen molar-refractivity contribution in [2.75, 3.05) is 0 Å². The molecule has 0 aliphatic rings. The molecule has 0 amide bonds. The molecular formula is C29H26O3. The van der Waals surface area contributed by atoms with Gasteiger partial charge in [0.25, 0.3) is 0 Å². The van der Waals surface area contributed by atoms with E-state index in [1.165, 1.54) is 0 Å². The average Bonchev–Trinajstić information content (AvgIpc) is 2.85. The Bertz CT molecular complexity index is 1130. The van der Waals surface area contributed by atoms with Gasteiger partial charge in [0.15, 0.2) is 0 Å². The Balaban J connectivity index is 1.27. The van der Waals surface area contributed by atoms with Crippen LogP contribution in [0.4, 0.5) is 0 Å². The van der Waals surface area contributed by atoms with E-state index in [1.807, 2.05) is 97.1 Å². The van der Waals surface area contributed by atoms with E-state index in [0.29, 0.717) is 25.4 Å². The normalized spacial score (nSPS) is 10.9. The molecule has 4 aromatic carbocycles. The van der Waals surface area contributed by atoms with Crippen molar-refractivity contribution in [2.24, 2.45) is 0 Å². The van der Waals surface area contributed by atoms with Crippen molar-refractivity contribution in [3.05, 3.63) is 131 Å². The number of allylic oxidation sites excluding steroid dienone is 1. The fraction of sp³-hybridized carbons (Fsp3) is 0.103. The third kappa shape index (κ3) is 6.26. The minimum atomic E-state index is 0.241. The van der Waals surface area contributed by atoms with E-state index < -0.39 is 0 Å². The van der Waals surface area contributed by atoms with Gasteiger partial charge in [-0.25, -0.2) is 0 Å². The number of phenolic OH excluding ortho intramolecular Hbond substituents is 1. The van der Waals surface area contributed by atoms with E-state index in [4.69, 9.17) is 9.47 Å². The van der Waals surface area contributed by atoms with E-state index in [1.54, 1.807) is 6.07 Å². The fourth-order valence-electron chi connectivity index (χ4n) is 3.28. The number of rotatable bonds is 9. The molecule has 4 aromatic rings. The summed E-state index contributed by atoms with van der Waals surface area (Å²) in [4.78, 5) is 0. The fourth-order valence-corrected chi connectivity index (χ4v) is 3.28. The second kappa shape index (κ2) is 10.9. The summed E-state index contributed by atoms with van der Waals surface area (Å²) in [6.45, 7) is 1.03. The molecule has 3 nitrogen and oxygen atoms in total. The average molecular weight is 423 g/mol. The van der Waals surface area contributed by atoms with Gasteiger partial charge in [-0.2, -0.15) is 0 Å². The molecule has 0 aliphatic heterocycles. The number of hydrogen-bond acceptors (Lipinski definition) is 3. The van der Waals surface area contributed by atoms with Crippen LogP contribution in [0.25, 0.3) is 6.08 Å². The number of ether oxygens (including phenoxy) is 2. The van der Waals surface area contributed by atoms with Crippen molar-refractivity contribution in [2.45, 2.75) is 19.6 Å². The molecule has 1 N–H and O–H groups in total. The first kappa shape index (κ1) is 21.3. The first-order valence-electron chi connectivity index (χ1n) is 10.7. The highest BCUT2D eigenvalue weighted by Crippen LogP contribution is 2.25. The highest BCUT2D eigenvalue weighted by atomic mass is 16.5. The Morgan fingerprint density at radius 3 is 1.78 bits per heavy atom. The van der Waals surface area contributed by atoms with E-state index in [-0.39, 0.29) is 5.75 Å². The van der Waals surface area contributed by atoms with Crippen LogP contribution in [0, 0.1) is 0 Å². The first-order chi connectivity index (χ1) is 15.8. The quantitative estimate of drug-likeness (QED) is 0.322. The van der Waals surface area contributed by atoms with Crippen molar-refractivity contribution in [1.29, 1.82) is 0 Å². The lowest BCUT2D eigenvalue weighted by atomic mass is 10.1. The van der Waals surface area contributed by atoms with E-state index in [9.17, 15) is 5.11 Å². The van der Waals surface area contributed by atoms with Crippen molar-refractivity contribution in [3.63, 3.8) is 0 Å². The molecule has 160 valence electrons. The number of phenols is 1. The van der Waals surface area contributed by atoms with Crippen molar-refractivity contribution in [1.82, 2.24) is 0 Å². The van der Waals surface area contributed by atoms with Crippen molar-refractivity contribution in [3.8, 4) is 17.2 Å². The molecule has 0 saturated heterocycles. The van der Waals surface area contributed by atoms with Crippen molar-refractivity contribution >= 4 is 6.08 Å². The molecule has 0 bridgehead atoms. The Labute approximate surface area is 189 Å². The highest BCUT2D eigenvalue weighted by molar-refractivity contribution is 5.52. The molecule has 32 heavy (non-hydrogen) atoms. The van der Waals surface area contributed by atoms with Gasteiger partial charge >= 0.3 is 0 Å². The smallest absolute Gasteiger partial charge is 0.123 e. The molecule has 0 heterocycles. The largest absolute Gasteiger partial charge is 0.508 e. The third-order valence-electron chi connectivity index (χ3n) is 5.08.